The lowest BCUT2D eigenvalue weighted by atomic mass is 10.1. The molecule has 2 N–H and O–H groups in total. The molecule has 1 aliphatic rings. The van der Waals surface area contributed by atoms with Gasteiger partial charge in [-0.1, -0.05) is 12.1 Å². The first-order chi connectivity index (χ1) is 6.72. The van der Waals surface area contributed by atoms with Gasteiger partial charge in [0.05, 0.1) is 13.0 Å². The largest absolute Gasteiger partial charge is 0.315 e. The van der Waals surface area contributed by atoms with Crippen LogP contribution in [0.3, 0.4) is 0 Å². The Morgan fingerprint density at radius 2 is 2.36 bits per heavy atom. The summed E-state index contributed by atoms with van der Waals surface area (Å²) in [6.07, 6.45) is 0.496. The lowest BCUT2D eigenvalue weighted by molar-refractivity contribution is -0.117. The average molecular weight is 192 g/mol. The molecule has 1 amide bonds. The molecule has 1 aromatic rings. The molecule has 0 radical (unpaired) electrons. The first kappa shape index (κ1) is 9.18. The summed E-state index contributed by atoms with van der Waals surface area (Å²) in [4.78, 5) is 17.6. The van der Waals surface area contributed by atoms with Crippen LogP contribution in [-0.2, 0) is 22.7 Å². The minimum absolute atomic E-state index is 0.130. The van der Waals surface area contributed by atoms with E-state index in [4.69, 9.17) is 5.90 Å². The van der Waals surface area contributed by atoms with Crippen molar-refractivity contribution in [3.63, 3.8) is 0 Å². The third-order valence-electron chi connectivity index (χ3n) is 2.48. The molecule has 0 aliphatic carbocycles. The molecule has 0 spiro atoms. The third kappa shape index (κ3) is 1.38. The first-order valence-corrected chi connectivity index (χ1v) is 4.42. The van der Waals surface area contributed by atoms with Crippen molar-refractivity contribution in [1.82, 2.24) is 0 Å². The van der Waals surface area contributed by atoms with Crippen LogP contribution >= 0.6 is 0 Å². The maximum absolute atomic E-state index is 11.4. The van der Waals surface area contributed by atoms with Gasteiger partial charge in [-0.25, -0.2) is 5.90 Å². The lowest BCUT2D eigenvalue weighted by Gasteiger charge is -2.10. The van der Waals surface area contributed by atoms with Crippen LogP contribution in [0.25, 0.3) is 0 Å². The molecule has 0 atom stereocenters. The number of nitrogens with zero attached hydrogens (tertiary/aromatic N) is 1. The van der Waals surface area contributed by atoms with Gasteiger partial charge in [0.15, 0.2) is 0 Å². The van der Waals surface area contributed by atoms with Crippen molar-refractivity contribution in [2.75, 3.05) is 11.9 Å². The van der Waals surface area contributed by atoms with E-state index in [0.717, 1.165) is 16.8 Å². The molecule has 0 saturated carbocycles. The molecule has 1 heterocycles. The summed E-state index contributed by atoms with van der Waals surface area (Å²) in [5.41, 5.74) is 3.01. The number of hydrogen-bond acceptors (Lipinski definition) is 3. The summed E-state index contributed by atoms with van der Waals surface area (Å²) in [6.45, 7) is 0.370. The monoisotopic (exact) mass is 192 g/mol. The predicted molar refractivity (Wildman–Crippen MR) is 52.5 cm³/mol. The zero-order chi connectivity index (χ0) is 10.1. The van der Waals surface area contributed by atoms with Gasteiger partial charge in [-0.3, -0.25) is 9.63 Å². The summed E-state index contributed by atoms with van der Waals surface area (Å²) >= 11 is 0. The number of fused-ring (bicyclic) bond motifs is 1. The number of hydrogen-bond donors (Lipinski definition) is 1. The second kappa shape index (κ2) is 3.40. The summed E-state index contributed by atoms with van der Waals surface area (Å²) in [6, 6.07) is 5.82. The van der Waals surface area contributed by atoms with E-state index < -0.39 is 0 Å². The fourth-order valence-corrected chi connectivity index (χ4v) is 1.67. The van der Waals surface area contributed by atoms with E-state index >= 15 is 0 Å². The van der Waals surface area contributed by atoms with Crippen LogP contribution < -0.4 is 10.8 Å². The second-order valence-corrected chi connectivity index (χ2v) is 3.40. The Balaban J connectivity index is 2.36. The van der Waals surface area contributed by atoms with Gasteiger partial charge in [0.1, 0.15) is 0 Å². The van der Waals surface area contributed by atoms with Crippen LogP contribution in [0.4, 0.5) is 5.69 Å². The Hall–Kier alpha value is -1.39. The van der Waals surface area contributed by atoms with E-state index in [-0.39, 0.29) is 5.91 Å². The number of carbonyl (C=O) groups is 1. The molecule has 14 heavy (non-hydrogen) atoms. The lowest BCUT2D eigenvalue weighted by Crippen LogP contribution is -2.20. The Morgan fingerprint density at radius 3 is 3.07 bits per heavy atom. The molecule has 74 valence electrons. The molecule has 0 saturated heterocycles. The summed E-state index contributed by atoms with van der Waals surface area (Å²) < 4.78 is 0. The van der Waals surface area contributed by atoms with Crippen LogP contribution in [0.5, 0.6) is 0 Å². The summed E-state index contributed by atoms with van der Waals surface area (Å²) in [5, 5.41) is 0. The molecule has 1 aliphatic heterocycles. The van der Waals surface area contributed by atoms with E-state index in [2.05, 4.69) is 4.84 Å². The number of nitrogens with two attached hydrogens (primary N) is 1. The van der Waals surface area contributed by atoms with Gasteiger partial charge < -0.3 is 4.90 Å². The molecule has 0 aromatic heterocycles. The zero-order valence-electron chi connectivity index (χ0n) is 7.99. The molecular formula is C10H12N2O2. The zero-order valence-corrected chi connectivity index (χ0v) is 7.99. The molecule has 1 aromatic carbocycles. The molecule has 0 fully saturated rings. The van der Waals surface area contributed by atoms with Crippen molar-refractivity contribution >= 4 is 11.6 Å². The number of likely N-dealkylation sites (N-methyl/N-ethyl adjacent to an activating group) is 1. The van der Waals surface area contributed by atoms with E-state index in [0.29, 0.717) is 13.0 Å². The van der Waals surface area contributed by atoms with E-state index in [1.165, 1.54) is 0 Å². The molecule has 2 rings (SSSR count). The van der Waals surface area contributed by atoms with Gasteiger partial charge in [0.2, 0.25) is 5.91 Å². The van der Waals surface area contributed by atoms with Gasteiger partial charge in [-0.05, 0) is 17.2 Å². The molecule has 0 unspecified atom stereocenters. The summed E-state index contributed by atoms with van der Waals surface area (Å²) in [5.74, 6) is 5.12. The fraction of sp³-hybridized carbons (Fsp3) is 0.300. The topological polar surface area (TPSA) is 55.6 Å². The maximum Gasteiger partial charge on any atom is 0.231 e. The van der Waals surface area contributed by atoms with Gasteiger partial charge in [0, 0.05) is 12.7 Å². The van der Waals surface area contributed by atoms with Crippen molar-refractivity contribution in [3.05, 3.63) is 29.3 Å². The molecular weight excluding hydrogens is 180 g/mol. The van der Waals surface area contributed by atoms with Crippen LogP contribution in [-0.4, -0.2) is 13.0 Å². The highest BCUT2D eigenvalue weighted by molar-refractivity contribution is 6.00. The van der Waals surface area contributed by atoms with Crippen molar-refractivity contribution in [2.45, 2.75) is 13.0 Å². The minimum Gasteiger partial charge on any atom is -0.315 e. The Kier molecular flexibility index (Phi) is 2.23. The van der Waals surface area contributed by atoms with Crippen LogP contribution in [0, 0.1) is 0 Å². The highest BCUT2D eigenvalue weighted by atomic mass is 16.6. The quantitative estimate of drug-likeness (QED) is 0.698. The summed E-state index contributed by atoms with van der Waals surface area (Å²) in [7, 11) is 1.78. The number of anilines is 1. The smallest absolute Gasteiger partial charge is 0.231 e. The number of rotatable bonds is 2. The van der Waals surface area contributed by atoms with Crippen LogP contribution in [0.1, 0.15) is 11.1 Å². The average Bonchev–Trinajstić information content (AvgIpc) is 2.45. The van der Waals surface area contributed by atoms with Crippen molar-refractivity contribution in [3.8, 4) is 0 Å². The standard InChI is InChI=1S/C10H12N2O2/c1-12-9-4-7(6-14-11)2-3-8(9)5-10(12)13/h2-4H,5-6,11H2,1H3. The SMILES string of the molecule is CN1C(=O)Cc2ccc(CON)cc21. The second-order valence-electron chi connectivity index (χ2n) is 3.40. The Labute approximate surface area is 82.2 Å². The fourth-order valence-electron chi connectivity index (χ4n) is 1.67. The highest BCUT2D eigenvalue weighted by Crippen LogP contribution is 2.28. The first-order valence-electron chi connectivity index (χ1n) is 4.42. The molecule has 4 heteroatoms. The van der Waals surface area contributed by atoms with Gasteiger partial charge in [-0.15, -0.1) is 0 Å². The van der Waals surface area contributed by atoms with E-state index in [1.807, 2.05) is 18.2 Å². The number of amides is 1. The van der Waals surface area contributed by atoms with Gasteiger partial charge >= 0.3 is 0 Å². The number of benzene rings is 1. The number of carbonyl (C=O) groups excluding carboxylic acids is 1. The minimum atomic E-state index is 0.130. The van der Waals surface area contributed by atoms with Gasteiger partial charge in [0.25, 0.3) is 0 Å². The Morgan fingerprint density at radius 1 is 1.57 bits per heavy atom. The normalized spacial score (nSPS) is 14.7. The van der Waals surface area contributed by atoms with Gasteiger partial charge in [-0.2, -0.15) is 0 Å². The van der Waals surface area contributed by atoms with E-state index in [9.17, 15) is 4.79 Å². The molecule has 0 bridgehead atoms. The highest BCUT2D eigenvalue weighted by Gasteiger charge is 2.23. The van der Waals surface area contributed by atoms with Crippen molar-refractivity contribution in [2.24, 2.45) is 5.90 Å². The molecule has 4 nitrogen and oxygen atoms in total. The predicted octanol–water partition coefficient (Wildman–Crippen LogP) is 0.596. The van der Waals surface area contributed by atoms with Crippen molar-refractivity contribution in [1.29, 1.82) is 0 Å². The van der Waals surface area contributed by atoms with E-state index in [1.54, 1.807) is 11.9 Å². The third-order valence-corrected chi connectivity index (χ3v) is 2.48. The van der Waals surface area contributed by atoms with Crippen LogP contribution in [0.2, 0.25) is 0 Å². The Bertz CT molecular complexity index is 376. The van der Waals surface area contributed by atoms with Crippen LogP contribution in [0.15, 0.2) is 18.2 Å². The maximum atomic E-state index is 11.4. The van der Waals surface area contributed by atoms with Crippen molar-refractivity contribution < 1.29 is 9.63 Å².